The molecule has 1 aromatic carbocycles. The molecule has 102 valence electrons. The molecule has 3 heteroatoms. The summed E-state index contributed by atoms with van der Waals surface area (Å²) in [6, 6.07) is 10.5. The van der Waals surface area contributed by atoms with Crippen LogP contribution in [-0.2, 0) is 12.5 Å². The van der Waals surface area contributed by atoms with Crippen molar-refractivity contribution >= 4 is 0 Å². The monoisotopic (exact) mass is 257 g/mol. The van der Waals surface area contributed by atoms with Gasteiger partial charge in [0.1, 0.15) is 5.82 Å². The van der Waals surface area contributed by atoms with Crippen LogP contribution >= 0.6 is 0 Å². The summed E-state index contributed by atoms with van der Waals surface area (Å²) in [5.74, 6) is 0.951. The normalized spacial score (nSPS) is 13.5. The molecule has 0 fully saturated rings. The average Bonchev–Trinajstić information content (AvgIpc) is 2.88. The van der Waals surface area contributed by atoms with Crippen LogP contribution in [0.3, 0.4) is 0 Å². The molecular weight excluding hydrogens is 234 g/mol. The molecule has 0 radical (unpaired) electrons. The van der Waals surface area contributed by atoms with Gasteiger partial charge in [-0.2, -0.15) is 0 Å². The van der Waals surface area contributed by atoms with Crippen LogP contribution in [0.4, 0.5) is 0 Å². The Morgan fingerprint density at radius 1 is 1.21 bits per heavy atom. The summed E-state index contributed by atoms with van der Waals surface area (Å²) in [6.07, 6.45) is 5.77. The second-order valence-electron chi connectivity index (χ2n) is 5.10. The first-order valence-corrected chi connectivity index (χ1v) is 6.94. The predicted octanol–water partition coefficient (Wildman–Crippen LogP) is 3.18. The van der Waals surface area contributed by atoms with Gasteiger partial charge in [-0.1, -0.05) is 44.2 Å². The summed E-state index contributed by atoms with van der Waals surface area (Å²) in [7, 11) is 2.00. The van der Waals surface area contributed by atoms with Gasteiger partial charge in [-0.15, -0.1) is 0 Å². The van der Waals surface area contributed by atoms with Crippen molar-refractivity contribution in [2.45, 2.75) is 38.1 Å². The largest absolute Gasteiger partial charge is 0.337 e. The lowest BCUT2D eigenvalue weighted by Crippen LogP contribution is -2.39. The lowest BCUT2D eigenvalue weighted by Gasteiger charge is -2.37. The molecule has 0 bridgehead atoms. The van der Waals surface area contributed by atoms with E-state index in [9.17, 15) is 0 Å². The first-order valence-electron chi connectivity index (χ1n) is 6.94. The van der Waals surface area contributed by atoms with Crippen LogP contribution in [0.15, 0.2) is 42.7 Å². The van der Waals surface area contributed by atoms with E-state index in [1.807, 2.05) is 30.1 Å². The second kappa shape index (κ2) is 5.57. The molecule has 0 spiro atoms. The quantitative estimate of drug-likeness (QED) is 0.894. The summed E-state index contributed by atoms with van der Waals surface area (Å²) in [4.78, 5) is 4.44. The Labute approximate surface area is 115 Å². The van der Waals surface area contributed by atoms with Crippen molar-refractivity contribution in [2.24, 2.45) is 12.8 Å². The number of nitrogens with zero attached hydrogens (tertiary/aromatic N) is 2. The number of hydrogen-bond acceptors (Lipinski definition) is 2. The van der Waals surface area contributed by atoms with E-state index < -0.39 is 0 Å². The maximum absolute atomic E-state index is 6.59. The fourth-order valence-corrected chi connectivity index (χ4v) is 2.97. The number of aryl methyl sites for hydroxylation is 1. The third kappa shape index (κ3) is 2.30. The van der Waals surface area contributed by atoms with Crippen molar-refractivity contribution in [3.8, 4) is 0 Å². The van der Waals surface area contributed by atoms with Crippen LogP contribution in [0.2, 0.25) is 0 Å². The third-order valence-electron chi connectivity index (χ3n) is 4.34. The van der Waals surface area contributed by atoms with Gasteiger partial charge in [0.15, 0.2) is 0 Å². The number of nitrogens with two attached hydrogens (primary N) is 1. The topological polar surface area (TPSA) is 43.8 Å². The van der Waals surface area contributed by atoms with Crippen LogP contribution < -0.4 is 5.73 Å². The van der Waals surface area contributed by atoms with Gasteiger partial charge in [0.05, 0.1) is 6.04 Å². The third-order valence-corrected chi connectivity index (χ3v) is 4.34. The van der Waals surface area contributed by atoms with Gasteiger partial charge in [-0.25, -0.2) is 4.98 Å². The maximum Gasteiger partial charge on any atom is 0.126 e. The van der Waals surface area contributed by atoms with Crippen LogP contribution in [0.25, 0.3) is 0 Å². The average molecular weight is 257 g/mol. The minimum Gasteiger partial charge on any atom is -0.337 e. The van der Waals surface area contributed by atoms with E-state index in [0.717, 1.165) is 18.7 Å². The molecule has 0 saturated carbocycles. The molecule has 2 N–H and O–H groups in total. The molecule has 1 heterocycles. The second-order valence-corrected chi connectivity index (χ2v) is 5.10. The van der Waals surface area contributed by atoms with Crippen molar-refractivity contribution in [1.82, 2.24) is 9.55 Å². The highest BCUT2D eigenvalue weighted by Gasteiger charge is 2.37. The molecule has 3 nitrogen and oxygen atoms in total. The Morgan fingerprint density at radius 2 is 1.84 bits per heavy atom. The van der Waals surface area contributed by atoms with Crippen molar-refractivity contribution in [3.05, 3.63) is 54.1 Å². The van der Waals surface area contributed by atoms with E-state index >= 15 is 0 Å². The fourth-order valence-electron chi connectivity index (χ4n) is 2.97. The number of benzene rings is 1. The zero-order chi connectivity index (χ0) is 13.9. The van der Waals surface area contributed by atoms with E-state index in [1.54, 1.807) is 0 Å². The summed E-state index contributed by atoms with van der Waals surface area (Å²) in [6.45, 7) is 4.42. The highest BCUT2D eigenvalue weighted by molar-refractivity contribution is 5.29. The van der Waals surface area contributed by atoms with Crippen molar-refractivity contribution in [1.29, 1.82) is 0 Å². The van der Waals surface area contributed by atoms with Crippen LogP contribution in [0.1, 0.15) is 44.1 Å². The molecule has 2 aromatic rings. The Bertz CT molecular complexity index is 512. The molecule has 1 aromatic heterocycles. The van der Waals surface area contributed by atoms with E-state index in [2.05, 4.69) is 43.1 Å². The molecule has 0 aliphatic rings. The summed E-state index contributed by atoms with van der Waals surface area (Å²) in [5.41, 5.74) is 7.84. The highest BCUT2D eigenvalue weighted by atomic mass is 15.1. The molecule has 1 atom stereocenters. The fraction of sp³-hybridized carbons (Fsp3) is 0.438. The highest BCUT2D eigenvalue weighted by Crippen LogP contribution is 2.41. The smallest absolute Gasteiger partial charge is 0.126 e. The van der Waals surface area contributed by atoms with Crippen LogP contribution in [-0.4, -0.2) is 9.55 Å². The van der Waals surface area contributed by atoms with E-state index in [0.29, 0.717) is 0 Å². The van der Waals surface area contributed by atoms with Crippen molar-refractivity contribution in [3.63, 3.8) is 0 Å². The summed E-state index contributed by atoms with van der Waals surface area (Å²) < 4.78 is 2.02. The summed E-state index contributed by atoms with van der Waals surface area (Å²) >= 11 is 0. The van der Waals surface area contributed by atoms with Gasteiger partial charge >= 0.3 is 0 Å². The van der Waals surface area contributed by atoms with Gasteiger partial charge in [-0.3, -0.25) is 0 Å². The SMILES string of the molecule is CCC(CC)(c1ccccc1)C(N)c1nccn1C. The standard InChI is InChI=1S/C16H23N3/c1-4-16(5-2,13-9-7-6-8-10-13)14(17)15-18-11-12-19(15)3/h6-12,14H,4-5,17H2,1-3H3. The lowest BCUT2D eigenvalue weighted by molar-refractivity contribution is 0.308. The number of aromatic nitrogens is 2. The molecule has 2 rings (SSSR count). The van der Waals surface area contributed by atoms with E-state index in [4.69, 9.17) is 5.73 Å². The minimum atomic E-state index is -0.0927. The minimum absolute atomic E-state index is 0.0552. The number of rotatable bonds is 5. The van der Waals surface area contributed by atoms with Crippen LogP contribution in [0, 0.1) is 0 Å². The number of imidazole rings is 1. The Hall–Kier alpha value is -1.61. The zero-order valence-electron chi connectivity index (χ0n) is 12.0. The van der Waals surface area contributed by atoms with Crippen molar-refractivity contribution in [2.75, 3.05) is 0 Å². The van der Waals surface area contributed by atoms with Gasteiger partial charge in [0, 0.05) is 24.9 Å². The molecule has 0 aliphatic carbocycles. The molecule has 0 aliphatic heterocycles. The molecular formula is C16H23N3. The summed E-state index contributed by atoms with van der Waals surface area (Å²) in [5, 5.41) is 0. The maximum atomic E-state index is 6.59. The molecule has 1 unspecified atom stereocenters. The van der Waals surface area contributed by atoms with Crippen molar-refractivity contribution < 1.29 is 0 Å². The lowest BCUT2D eigenvalue weighted by atomic mass is 9.70. The first-order chi connectivity index (χ1) is 9.15. The van der Waals surface area contributed by atoms with Gasteiger partial charge < -0.3 is 10.3 Å². The van der Waals surface area contributed by atoms with Gasteiger partial charge in [0.2, 0.25) is 0 Å². The van der Waals surface area contributed by atoms with E-state index in [1.165, 1.54) is 5.56 Å². The van der Waals surface area contributed by atoms with E-state index in [-0.39, 0.29) is 11.5 Å². The Kier molecular flexibility index (Phi) is 4.05. The molecule has 19 heavy (non-hydrogen) atoms. The number of hydrogen-bond donors (Lipinski definition) is 1. The van der Waals surface area contributed by atoms with Gasteiger partial charge in [0.25, 0.3) is 0 Å². The first kappa shape index (κ1) is 13.8. The zero-order valence-corrected chi connectivity index (χ0v) is 12.0. The predicted molar refractivity (Wildman–Crippen MR) is 78.8 cm³/mol. The Morgan fingerprint density at radius 3 is 2.32 bits per heavy atom. The van der Waals surface area contributed by atoms with Gasteiger partial charge in [-0.05, 0) is 18.4 Å². The molecule has 0 saturated heterocycles. The Balaban J connectivity index is 2.48. The molecule has 0 amide bonds. The van der Waals surface area contributed by atoms with Crippen LogP contribution in [0.5, 0.6) is 0 Å².